The molecule has 0 radical (unpaired) electrons. The van der Waals surface area contributed by atoms with Gasteiger partial charge in [-0.05, 0) is 30.4 Å². The van der Waals surface area contributed by atoms with Crippen molar-refractivity contribution in [3.63, 3.8) is 0 Å². The topological polar surface area (TPSA) is 89.0 Å². The summed E-state index contributed by atoms with van der Waals surface area (Å²) in [6, 6.07) is -0.521. The third-order valence-corrected chi connectivity index (χ3v) is 2.81. The van der Waals surface area contributed by atoms with Crippen LogP contribution in [0.25, 0.3) is 0 Å². The monoisotopic (exact) mass is 315 g/mol. The fourth-order valence-corrected chi connectivity index (χ4v) is 1.87. The zero-order valence-corrected chi connectivity index (χ0v) is 13.6. The molecular weight excluding hydrogens is 294 g/mol. The number of carbonyl (C=O) groups is 1. The molecule has 1 heterocycles. The predicted molar refractivity (Wildman–Crippen MR) is 82.5 cm³/mol. The molecule has 7 nitrogen and oxygen atoms in total. The van der Waals surface area contributed by atoms with Gasteiger partial charge in [0.25, 0.3) is 0 Å². The summed E-state index contributed by atoms with van der Waals surface area (Å²) in [5, 5.41) is 6.06. The van der Waals surface area contributed by atoms with Gasteiger partial charge in [-0.2, -0.15) is 15.0 Å². The average Bonchev–Trinajstić information content (AvgIpc) is 2.42. The Hall–Kier alpha value is -1.63. The number of methoxy groups -OCH3 is 1. The van der Waals surface area contributed by atoms with E-state index in [0.29, 0.717) is 18.3 Å². The summed E-state index contributed by atoms with van der Waals surface area (Å²) in [4.78, 5) is 24.0. The molecule has 0 saturated carbocycles. The fraction of sp³-hybridized carbons (Fsp3) is 0.692. The van der Waals surface area contributed by atoms with Crippen molar-refractivity contribution < 1.29 is 9.53 Å². The molecule has 21 heavy (non-hydrogen) atoms. The maximum Gasteiger partial charge on any atom is 0.328 e. The van der Waals surface area contributed by atoms with Crippen LogP contribution in [0.4, 0.5) is 11.9 Å². The van der Waals surface area contributed by atoms with Crippen molar-refractivity contribution in [3.05, 3.63) is 5.28 Å². The van der Waals surface area contributed by atoms with Crippen molar-refractivity contribution in [2.45, 2.75) is 39.7 Å². The van der Waals surface area contributed by atoms with Crippen molar-refractivity contribution in [1.82, 2.24) is 15.0 Å². The Kier molecular flexibility index (Phi) is 7.14. The molecule has 118 valence electrons. The van der Waals surface area contributed by atoms with Crippen LogP contribution in [0.5, 0.6) is 0 Å². The standard InChI is InChI=1S/C13H22ClN5O2/c1-5-6-15-12-17-11(14)18-13(19-12)16-9(7-8(2)3)10(20)21-4/h8-9H,5-7H2,1-4H3,(H2,15,16,17,18,19). The molecule has 0 saturated heterocycles. The molecule has 1 aromatic rings. The molecule has 0 spiro atoms. The van der Waals surface area contributed by atoms with Gasteiger partial charge in [-0.25, -0.2) is 4.79 Å². The van der Waals surface area contributed by atoms with Gasteiger partial charge in [0.15, 0.2) is 0 Å². The quantitative estimate of drug-likeness (QED) is 0.712. The number of rotatable bonds is 8. The molecule has 0 amide bonds. The van der Waals surface area contributed by atoms with Gasteiger partial charge < -0.3 is 15.4 Å². The second kappa shape index (κ2) is 8.61. The normalized spacial score (nSPS) is 12.1. The molecule has 0 fully saturated rings. The molecule has 0 aliphatic rings. The third-order valence-electron chi connectivity index (χ3n) is 2.64. The molecule has 0 aliphatic heterocycles. The van der Waals surface area contributed by atoms with Crippen LogP contribution in [0.1, 0.15) is 33.6 Å². The number of nitrogens with zero attached hydrogens (tertiary/aromatic N) is 3. The molecule has 0 aromatic carbocycles. The summed E-state index contributed by atoms with van der Waals surface area (Å²) in [6.07, 6.45) is 1.54. The lowest BCUT2D eigenvalue weighted by atomic mass is 10.0. The Morgan fingerprint density at radius 1 is 1.29 bits per heavy atom. The first-order valence-corrected chi connectivity index (χ1v) is 7.33. The van der Waals surface area contributed by atoms with Gasteiger partial charge in [0.05, 0.1) is 7.11 Å². The van der Waals surface area contributed by atoms with E-state index in [-0.39, 0.29) is 17.2 Å². The number of nitrogens with one attached hydrogen (secondary N) is 2. The van der Waals surface area contributed by atoms with Gasteiger partial charge in [0, 0.05) is 6.54 Å². The van der Waals surface area contributed by atoms with E-state index in [9.17, 15) is 4.79 Å². The molecule has 1 aromatic heterocycles. The number of hydrogen-bond acceptors (Lipinski definition) is 7. The van der Waals surface area contributed by atoms with Crippen LogP contribution in [0.2, 0.25) is 5.28 Å². The van der Waals surface area contributed by atoms with E-state index in [1.807, 2.05) is 20.8 Å². The largest absolute Gasteiger partial charge is 0.467 e. The minimum absolute atomic E-state index is 0.0688. The second-order valence-electron chi connectivity index (χ2n) is 5.03. The lowest BCUT2D eigenvalue weighted by molar-refractivity contribution is -0.141. The van der Waals surface area contributed by atoms with Crippen LogP contribution in [0.3, 0.4) is 0 Å². The lowest BCUT2D eigenvalue weighted by Gasteiger charge is -2.18. The molecule has 2 N–H and O–H groups in total. The zero-order valence-electron chi connectivity index (χ0n) is 12.8. The molecule has 8 heteroatoms. The van der Waals surface area contributed by atoms with Crippen LogP contribution < -0.4 is 10.6 Å². The Balaban J connectivity index is 2.86. The predicted octanol–water partition coefficient (Wildman–Crippen LogP) is 2.35. The maximum absolute atomic E-state index is 11.8. The number of ether oxygens (including phenoxy) is 1. The number of esters is 1. The Morgan fingerprint density at radius 2 is 1.95 bits per heavy atom. The maximum atomic E-state index is 11.8. The minimum Gasteiger partial charge on any atom is -0.467 e. The highest BCUT2D eigenvalue weighted by atomic mass is 35.5. The summed E-state index contributed by atoms with van der Waals surface area (Å²) in [6.45, 7) is 6.80. The molecule has 1 unspecified atom stereocenters. The first kappa shape index (κ1) is 17.4. The smallest absolute Gasteiger partial charge is 0.328 e. The van der Waals surface area contributed by atoms with Crippen LogP contribution in [0, 0.1) is 5.92 Å². The molecule has 1 atom stereocenters. The number of halogens is 1. The van der Waals surface area contributed by atoms with E-state index in [1.54, 1.807) is 0 Å². The van der Waals surface area contributed by atoms with Crippen molar-refractivity contribution in [3.8, 4) is 0 Å². The van der Waals surface area contributed by atoms with Crippen molar-refractivity contribution in [2.75, 3.05) is 24.3 Å². The van der Waals surface area contributed by atoms with Crippen molar-refractivity contribution in [2.24, 2.45) is 5.92 Å². The number of hydrogen-bond donors (Lipinski definition) is 2. The highest BCUT2D eigenvalue weighted by Gasteiger charge is 2.21. The Morgan fingerprint density at radius 3 is 2.52 bits per heavy atom. The molecule has 1 rings (SSSR count). The van der Waals surface area contributed by atoms with Gasteiger partial charge >= 0.3 is 5.97 Å². The first-order chi connectivity index (χ1) is 9.96. The van der Waals surface area contributed by atoms with Gasteiger partial charge in [-0.1, -0.05) is 20.8 Å². The van der Waals surface area contributed by atoms with Crippen LogP contribution >= 0.6 is 11.6 Å². The number of carbonyl (C=O) groups excluding carboxylic acids is 1. The Bertz CT molecular complexity index is 470. The molecule has 0 aliphatic carbocycles. The Labute approximate surface area is 129 Å². The zero-order chi connectivity index (χ0) is 15.8. The molecule has 0 bridgehead atoms. The van der Waals surface area contributed by atoms with Crippen molar-refractivity contribution in [1.29, 1.82) is 0 Å². The van der Waals surface area contributed by atoms with Gasteiger partial charge in [0.2, 0.25) is 17.2 Å². The highest BCUT2D eigenvalue weighted by Crippen LogP contribution is 2.14. The summed E-state index contributed by atoms with van der Waals surface area (Å²) >= 11 is 5.87. The third kappa shape index (κ3) is 6.12. The van der Waals surface area contributed by atoms with Crippen LogP contribution in [-0.4, -0.2) is 40.6 Å². The van der Waals surface area contributed by atoms with E-state index in [4.69, 9.17) is 16.3 Å². The summed E-state index contributed by atoms with van der Waals surface area (Å²) in [5.74, 6) is 0.595. The highest BCUT2D eigenvalue weighted by molar-refractivity contribution is 6.28. The first-order valence-electron chi connectivity index (χ1n) is 6.96. The minimum atomic E-state index is -0.521. The van der Waals surface area contributed by atoms with E-state index < -0.39 is 6.04 Å². The summed E-state index contributed by atoms with van der Waals surface area (Å²) < 4.78 is 4.79. The van der Waals surface area contributed by atoms with E-state index in [1.165, 1.54) is 7.11 Å². The summed E-state index contributed by atoms with van der Waals surface area (Å²) in [7, 11) is 1.35. The van der Waals surface area contributed by atoms with E-state index in [2.05, 4.69) is 25.6 Å². The average molecular weight is 316 g/mol. The SMILES string of the molecule is CCCNc1nc(Cl)nc(NC(CC(C)C)C(=O)OC)n1. The van der Waals surface area contributed by atoms with E-state index >= 15 is 0 Å². The van der Waals surface area contributed by atoms with Gasteiger partial charge in [-0.15, -0.1) is 0 Å². The summed E-state index contributed by atoms with van der Waals surface area (Å²) in [5.41, 5.74) is 0. The van der Waals surface area contributed by atoms with Crippen LogP contribution in [-0.2, 0) is 9.53 Å². The van der Waals surface area contributed by atoms with Gasteiger partial charge in [0.1, 0.15) is 6.04 Å². The number of anilines is 2. The molecular formula is C13H22ClN5O2. The second-order valence-corrected chi connectivity index (χ2v) is 5.37. The van der Waals surface area contributed by atoms with Gasteiger partial charge in [-0.3, -0.25) is 0 Å². The lowest BCUT2D eigenvalue weighted by Crippen LogP contribution is -2.33. The fourth-order valence-electron chi connectivity index (χ4n) is 1.71. The van der Waals surface area contributed by atoms with E-state index in [0.717, 1.165) is 13.0 Å². The van der Waals surface area contributed by atoms with Crippen LogP contribution in [0.15, 0.2) is 0 Å². The van der Waals surface area contributed by atoms with Crippen molar-refractivity contribution >= 4 is 29.5 Å². The number of aromatic nitrogens is 3.